The number of carbonyl (C=O) groups excluding carboxylic acids is 2. The Kier molecular flexibility index (Phi) is 5.68. The smallest absolute Gasteiger partial charge is 0.341 e. The Morgan fingerprint density at radius 3 is 2.60 bits per heavy atom. The third kappa shape index (κ3) is 3.77. The van der Waals surface area contributed by atoms with Crippen molar-refractivity contribution in [2.75, 3.05) is 12.4 Å². The molecule has 1 atom stereocenters. The van der Waals surface area contributed by atoms with Gasteiger partial charge in [-0.05, 0) is 42.2 Å². The molecule has 1 aliphatic rings. The van der Waals surface area contributed by atoms with Gasteiger partial charge in [-0.25, -0.2) is 4.79 Å². The van der Waals surface area contributed by atoms with Crippen LogP contribution in [0.1, 0.15) is 57.7 Å². The fraction of sp³-hybridized carbons (Fsp3) is 0.391. The quantitative estimate of drug-likeness (QED) is 0.436. The number of halogens is 1. The molecule has 158 valence electrons. The maximum Gasteiger partial charge on any atom is 0.341 e. The normalized spacial score (nSPS) is 16.4. The summed E-state index contributed by atoms with van der Waals surface area (Å²) >= 11 is 9.32. The van der Waals surface area contributed by atoms with Gasteiger partial charge in [-0.15, -0.1) is 22.7 Å². The summed E-state index contributed by atoms with van der Waals surface area (Å²) in [5.41, 5.74) is 1.71. The van der Waals surface area contributed by atoms with Crippen molar-refractivity contribution in [3.8, 4) is 0 Å². The highest BCUT2D eigenvalue weighted by Gasteiger charge is 2.34. The van der Waals surface area contributed by atoms with Crippen LogP contribution >= 0.6 is 34.3 Å². The zero-order valence-electron chi connectivity index (χ0n) is 17.4. The van der Waals surface area contributed by atoms with E-state index in [2.05, 4.69) is 26.1 Å². The maximum atomic E-state index is 13.1. The second kappa shape index (κ2) is 7.98. The third-order valence-corrected chi connectivity index (χ3v) is 8.69. The number of rotatable bonds is 3. The summed E-state index contributed by atoms with van der Waals surface area (Å²) in [7, 11) is 1.38. The van der Waals surface area contributed by atoms with Crippen molar-refractivity contribution in [2.45, 2.75) is 40.0 Å². The standard InChI is InChI=1S/C23H24ClNO3S2/c1-23(2,3)12-9-10-13-16(11-12)30-21(17(13)22(27)28-4)25-20(26)19-18(24)14-7-5-6-8-15(14)29-19/h5-8,12H,9-11H2,1-4H3,(H,25,26)/t12-/m1/s1. The average Bonchev–Trinajstić information content (AvgIpc) is 3.24. The number of esters is 1. The number of benzene rings is 1. The fourth-order valence-corrected chi connectivity index (χ4v) is 6.77. The molecular weight excluding hydrogens is 438 g/mol. The molecule has 0 aliphatic heterocycles. The summed E-state index contributed by atoms with van der Waals surface area (Å²) in [6.07, 6.45) is 2.75. The maximum absolute atomic E-state index is 13.1. The molecule has 0 spiro atoms. The fourth-order valence-electron chi connectivity index (χ4n) is 4.05. The lowest BCUT2D eigenvalue weighted by Gasteiger charge is -2.33. The second-order valence-electron chi connectivity index (χ2n) is 8.70. The van der Waals surface area contributed by atoms with Gasteiger partial charge in [0.2, 0.25) is 0 Å². The van der Waals surface area contributed by atoms with E-state index in [1.165, 1.54) is 34.7 Å². The molecule has 2 heterocycles. The SMILES string of the molecule is COC(=O)c1c(NC(=O)c2sc3ccccc3c2Cl)sc2c1CC[C@@H](C(C)(C)C)C2. The Bertz CT molecular complexity index is 1140. The number of hydrogen-bond donors (Lipinski definition) is 1. The van der Waals surface area contributed by atoms with Crippen molar-refractivity contribution in [3.63, 3.8) is 0 Å². The van der Waals surface area contributed by atoms with Crippen molar-refractivity contribution >= 4 is 61.2 Å². The molecule has 0 radical (unpaired) electrons. The first-order chi connectivity index (χ1) is 14.2. The molecule has 0 saturated heterocycles. The van der Waals surface area contributed by atoms with Gasteiger partial charge in [0.05, 0.1) is 17.7 Å². The minimum absolute atomic E-state index is 0.196. The molecule has 2 aromatic heterocycles. The molecule has 1 N–H and O–H groups in total. The molecule has 0 saturated carbocycles. The molecule has 4 rings (SSSR count). The van der Waals surface area contributed by atoms with E-state index >= 15 is 0 Å². The number of carbonyl (C=O) groups is 2. The molecule has 7 heteroatoms. The zero-order chi connectivity index (χ0) is 21.6. The molecule has 30 heavy (non-hydrogen) atoms. The van der Waals surface area contributed by atoms with Crippen LogP contribution < -0.4 is 5.32 Å². The predicted molar refractivity (Wildman–Crippen MR) is 125 cm³/mol. The Labute approximate surface area is 189 Å². The number of nitrogens with one attached hydrogen (secondary N) is 1. The van der Waals surface area contributed by atoms with E-state index in [1.54, 1.807) is 0 Å². The van der Waals surface area contributed by atoms with Gasteiger partial charge in [0, 0.05) is 15.0 Å². The minimum Gasteiger partial charge on any atom is -0.465 e. The molecule has 0 fully saturated rings. The summed E-state index contributed by atoms with van der Waals surface area (Å²) in [5.74, 6) is -0.161. The Hall–Kier alpha value is -1.89. The summed E-state index contributed by atoms with van der Waals surface area (Å²) in [6.45, 7) is 6.76. The van der Waals surface area contributed by atoms with Crippen molar-refractivity contribution in [3.05, 3.63) is 50.2 Å². The van der Waals surface area contributed by atoms with Crippen LogP contribution in [0.4, 0.5) is 5.00 Å². The number of methoxy groups -OCH3 is 1. The first kappa shape index (κ1) is 21.3. The van der Waals surface area contributed by atoms with Gasteiger partial charge in [-0.3, -0.25) is 4.79 Å². The van der Waals surface area contributed by atoms with E-state index in [-0.39, 0.29) is 11.3 Å². The molecule has 0 bridgehead atoms. The first-order valence-corrected chi connectivity index (χ1v) is 11.9. The van der Waals surface area contributed by atoms with Gasteiger partial charge in [0.15, 0.2) is 0 Å². The van der Waals surface area contributed by atoms with Gasteiger partial charge < -0.3 is 10.1 Å². The van der Waals surface area contributed by atoms with Crippen LogP contribution in [0, 0.1) is 11.3 Å². The first-order valence-electron chi connectivity index (χ1n) is 9.92. The van der Waals surface area contributed by atoms with E-state index in [9.17, 15) is 9.59 Å². The van der Waals surface area contributed by atoms with Crippen LogP contribution in [-0.4, -0.2) is 19.0 Å². The lowest BCUT2D eigenvalue weighted by atomic mass is 9.72. The van der Waals surface area contributed by atoms with E-state index < -0.39 is 5.97 Å². The number of fused-ring (bicyclic) bond motifs is 2. The topological polar surface area (TPSA) is 55.4 Å². The number of amides is 1. The minimum atomic E-state index is -0.403. The predicted octanol–water partition coefficient (Wildman–Crippen LogP) is 6.81. The molecule has 1 aromatic carbocycles. The van der Waals surface area contributed by atoms with Crippen molar-refractivity contribution in [1.29, 1.82) is 0 Å². The monoisotopic (exact) mass is 461 g/mol. The third-order valence-electron chi connectivity index (χ3n) is 5.85. The molecule has 1 amide bonds. The van der Waals surface area contributed by atoms with Crippen molar-refractivity contribution < 1.29 is 14.3 Å². The van der Waals surface area contributed by atoms with E-state index in [4.69, 9.17) is 16.3 Å². The zero-order valence-corrected chi connectivity index (χ0v) is 19.8. The van der Waals surface area contributed by atoms with E-state index in [0.29, 0.717) is 26.4 Å². The van der Waals surface area contributed by atoms with Crippen LogP contribution in [0.3, 0.4) is 0 Å². The Balaban J connectivity index is 1.70. The van der Waals surface area contributed by atoms with Crippen LogP contribution in [0.2, 0.25) is 5.02 Å². The van der Waals surface area contributed by atoms with E-state index in [0.717, 1.165) is 34.9 Å². The molecule has 3 aromatic rings. The van der Waals surface area contributed by atoms with Crippen LogP contribution in [0.25, 0.3) is 10.1 Å². The lowest BCUT2D eigenvalue weighted by Crippen LogP contribution is -2.26. The number of hydrogen-bond acceptors (Lipinski definition) is 5. The molecule has 0 unspecified atom stereocenters. The van der Waals surface area contributed by atoms with Gasteiger partial charge in [-0.2, -0.15) is 0 Å². The average molecular weight is 462 g/mol. The molecule has 1 aliphatic carbocycles. The Morgan fingerprint density at radius 2 is 1.93 bits per heavy atom. The molecular formula is C23H24ClNO3S2. The second-order valence-corrected chi connectivity index (χ2v) is 11.2. The van der Waals surface area contributed by atoms with Crippen molar-refractivity contribution in [2.24, 2.45) is 11.3 Å². The number of anilines is 1. The van der Waals surface area contributed by atoms with Crippen LogP contribution in [0.15, 0.2) is 24.3 Å². The van der Waals surface area contributed by atoms with Gasteiger partial charge in [-0.1, -0.05) is 50.6 Å². The number of ether oxygens (including phenoxy) is 1. The molecule has 4 nitrogen and oxygen atoms in total. The highest BCUT2D eigenvalue weighted by Crippen LogP contribution is 2.45. The summed E-state index contributed by atoms with van der Waals surface area (Å²) in [6, 6.07) is 7.67. The van der Waals surface area contributed by atoms with Gasteiger partial charge in [0.25, 0.3) is 5.91 Å². The summed E-state index contributed by atoms with van der Waals surface area (Å²) < 4.78 is 6.01. The largest absolute Gasteiger partial charge is 0.465 e. The van der Waals surface area contributed by atoms with Crippen molar-refractivity contribution in [1.82, 2.24) is 0 Å². The van der Waals surface area contributed by atoms with Crippen LogP contribution in [-0.2, 0) is 17.6 Å². The summed E-state index contributed by atoms with van der Waals surface area (Å²) in [5, 5.41) is 4.82. The lowest BCUT2D eigenvalue weighted by molar-refractivity contribution is 0.0600. The highest BCUT2D eigenvalue weighted by molar-refractivity contribution is 7.22. The van der Waals surface area contributed by atoms with Crippen LogP contribution in [0.5, 0.6) is 0 Å². The number of thiophene rings is 2. The van der Waals surface area contributed by atoms with Gasteiger partial charge >= 0.3 is 5.97 Å². The van der Waals surface area contributed by atoms with Gasteiger partial charge in [0.1, 0.15) is 9.88 Å². The Morgan fingerprint density at radius 1 is 1.20 bits per heavy atom. The van der Waals surface area contributed by atoms with E-state index in [1.807, 2.05) is 24.3 Å². The summed E-state index contributed by atoms with van der Waals surface area (Å²) in [4.78, 5) is 27.3. The highest BCUT2D eigenvalue weighted by atomic mass is 35.5.